The van der Waals surface area contributed by atoms with Crippen molar-refractivity contribution in [2.75, 3.05) is 26.2 Å². The number of aromatic amines is 1. The standard InChI is InChI=1S/C12H18N4O/c1-8(2)9-3-10(15-14-9)11(17)16-6-12(7-16)4-13-5-12/h3,8,13H,4-7H2,1-2H3,(H,14,15). The maximum absolute atomic E-state index is 12.1. The topological polar surface area (TPSA) is 61.0 Å². The first kappa shape index (κ1) is 10.8. The van der Waals surface area contributed by atoms with E-state index < -0.39 is 0 Å². The minimum absolute atomic E-state index is 0.0608. The van der Waals surface area contributed by atoms with E-state index in [0.717, 1.165) is 31.9 Å². The summed E-state index contributed by atoms with van der Waals surface area (Å²) in [5, 5.41) is 10.3. The predicted molar refractivity (Wildman–Crippen MR) is 63.9 cm³/mol. The molecule has 92 valence electrons. The fourth-order valence-corrected chi connectivity index (χ4v) is 2.51. The first-order valence-electron chi connectivity index (χ1n) is 6.15. The molecular weight excluding hydrogens is 216 g/mol. The molecule has 3 rings (SSSR count). The smallest absolute Gasteiger partial charge is 0.274 e. The van der Waals surface area contributed by atoms with Gasteiger partial charge in [-0.15, -0.1) is 0 Å². The summed E-state index contributed by atoms with van der Waals surface area (Å²) < 4.78 is 0. The van der Waals surface area contributed by atoms with Crippen LogP contribution in [0.5, 0.6) is 0 Å². The number of rotatable bonds is 2. The van der Waals surface area contributed by atoms with E-state index in [1.54, 1.807) is 0 Å². The molecule has 1 aromatic rings. The molecule has 0 saturated carbocycles. The van der Waals surface area contributed by atoms with E-state index in [-0.39, 0.29) is 5.91 Å². The molecule has 1 amide bonds. The van der Waals surface area contributed by atoms with Crippen molar-refractivity contribution < 1.29 is 4.79 Å². The van der Waals surface area contributed by atoms with Crippen LogP contribution in [-0.4, -0.2) is 47.2 Å². The third-order valence-corrected chi connectivity index (χ3v) is 3.78. The number of nitrogens with zero attached hydrogens (tertiary/aromatic N) is 2. The highest BCUT2D eigenvalue weighted by Gasteiger charge is 2.49. The molecule has 2 saturated heterocycles. The van der Waals surface area contributed by atoms with Gasteiger partial charge in [0.25, 0.3) is 5.91 Å². The average molecular weight is 234 g/mol. The van der Waals surface area contributed by atoms with E-state index in [1.807, 2.05) is 11.0 Å². The third kappa shape index (κ3) is 1.65. The minimum Gasteiger partial charge on any atom is -0.336 e. The lowest BCUT2D eigenvalue weighted by atomic mass is 9.74. The Morgan fingerprint density at radius 2 is 2.18 bits per heavy atom. The number of hydrogen-bond donors (Lipinski definition) is 2. The van der Waals surface area contributed by atoms with Crippen LogP contribution < -0.4 is 5.32 Å². The molecule has 0 bridgehead atoms. The first-order chi connectivity index (χ1) is 8.10. The molecule has 5 nitrogen and oxygen atoms in total. The molecule has 3 heterocycles. The van der Waals surface area contributed by atoms with Gasteiger partial charge in [0.05, 0.1) is 0 Å². The summed E-state index contributed by atoms with van der Waals surface area (Å²) >= 11 is 0. The molecule has 2 fully saturated rings. The highest BCUT2D eigenvalue weighted by atomic mass is 16.2. The van der Waals surface area contributed by atoms with Gasteiger partial charge in [-0.25, -0.2) is 0 Å². The quantitative estimate of drug-likeness (QED) is 0.787. The first-order valence-corrected chi connectivity index (χ1v) is 6.15. The van der Waals surface area contributed by atoms with Gasteiger partial charge >= 0.3 is 0 Å². The molecule has 1 aromatic heterocycles. The van der Waals surface area contributed by atoms with Crippen molar-refractivity contribution in [3.05, 3.63) is 17.5 Å². The Hall–Kier alpha value is -1.36. The number of carbonyl (C=O) groups is 1. The number of amides is 1. The normalized spacial score (nSPS) is 21.5. The Kier molecular flexibility index (Phi) is 2.26. The Labute approximate surface area is 101 Å². The van der Waals surface area contributed by atoms with Crippen molar-refractivity contribution in [1.82, 2.24) is 20.4 Å². The highest BCUT2D eigenvalue weighted by molar-refractivity contribution is 5.93. The molecule has 5 heteroatoms. The lowest BCUT2D eigenvalue weighted by Crippen LogP contribution is -2.71. The maximum atomic E-state index is 12.1. The van der Waals surface area contributed by atoms with E-state index in [4.69, 9.17) is 0 Å². The highest BCUT2D eigenvalue weighted by Crippen LogP contribution is 2.34. The SMILES string of the molecule is CC(C)c1cc(C(=O)N2CC3(CNC3)C2)n[nH]1. The Morgan fingerprint density at radius 3 is 2.65 bits per heavy atom. The van der Waals surface area contributed by atoms with E-state index in [2.05, 4.69) is 29.4 Å². The summed E-state index contributed by atoms with van der Waals surface area (Å²) in [5.41, 5.74) is 1.96. The second-order valence-electron chi connectivity index (χ2n) is 5.63. The number of nitrogens with one attached hydrogen (secondary N) is 2. The van der Waals surface area contributed by atoms with Crippen molar-refractivity contribution in [2.24, 2.45) is 5.41 Å². The van der Waals surface area contributed by atoms with E-state index >= 15 is 0 Å². The number of hydrogen-bond acceptors (Lipinski definition) is 3. The zero-order chi connectivity index (χ0) is 12.0. The van der Waals surface area contributed by atoms with Crippen LogP contribution >= 0.6 is 0 Å². The molecule has 2 aliphatic heterocycles. The molecule has 0 unspecified atom stereocenters. The van der Waals surface area contributed by atoms with Crippen LogP contribution in [0.25, 0.3) is 0 Å². The van der Waals surface area contributed by atoms with Crippen LogP contribution in [0.4, 0.5) is 0 Å². The van der Waals surface area contributed by atoms with Gasteiger partial charge in [0.15, 0.2) is 0 Å². The summed E-state index contributed by atoms with van der Waals surface area (Å²) in [6, 6.07) is 1.87. The molecule has 0 aliphatic carbocycles. The lowest BCUT2D eigenvalue weighted by Gasteiger charge is -2.55. The Balaban J connectivity index is 1.66. The van der Waals surface area contributed by atoms with Crippen LogP contribution in [-0.2, 0) is 0 Å². The molecule has 0 radical (unpaired) electrons. The van der Waals surface area contributed by atoms with E-state index in [1.165, 1.54) is 0 Å². The summed E-state index contributed by atoms with van der Waals surface area (Å²) in [7, 11) is 0. The summed E-state index contributed by atoms with van der Waals surface area (Å²) in [5.74, 6) is 0.438. The second kappa shape index (κ2) is 3.57. The zero-order valence-electron chi connectivity index (χ0n) is 10.3. The van der Waals surface area contributed by atoms with Gasteiger partial charge in [-0.05, 0) is 12.0 Å². The van der Waals surface area contributed by atoms with E-state index in [0.29, 0.717) is 17.0 Å². The molecular formula is C12H18N4O. The van der Waals surface area contributed by atoms with Crippen molar-refractivity contribution in [3.63, 3.8) is 0 Å². The van der Waals surface area contributed by atoms with Gasteiger partial charge < -0.3 is 10.2 Å². The monoisotopic (exact) mass is 234 g/mol. The van der Waals surface area contributed by atoms with Crippen molar-refractivity contribution in [1.29, 1.82) is 0 Å². The number of likely N-dealkylation sites (tertiary alicyclic amines) is 1. The third-order valence-electron chi connectivity index (χ3n) is 3.78. The van der Waals surface area contributed by atoms with Crippen molar-refractivity contribution >= 4 is 5.91 Å². The molecule has 0 aromatic carbocycles. The number of H-pyrrole nitrogens is 1. The van der Waals surface area contributed by atoms with Crippen LogP contribution in [0, 0.1) is 5.41 Å². The van der Waals surface area contributed by atoms with Crippen molar-refractivity contribution in [3.8, 4) is 0 Å². The van der Waals surface area contributed by atoms with Crippen LogP contribution in [0.15, 0.2) is 6.07 Å². The Morgan fingerprint density at radius 1 is 1.47 bits per heavy atom. The van der Waals surface area contributed by atoms with Crippen LogP contribution in [0.3, 0.4) is 0 Å². The maximum Gasteiger partial charge on any atom is 0.274 e. The largest absolute Gasteiger partial charge is 0.336 e. The molecule has 0 atom stereocenters. The van der Waals surface area contributed by atoms with E-state index in [9.17, 15) is 4.79 Å². The van der Waals surface area contributed by atoms with Gasteiger partial charge in [-0.2, -0.15) is 5.10 Å². The average Bonchev–Trinajstić information content (AvgIpc) is 2.61. The van der Waals surface area contributed by atoms with Gasteiger partial charge in [-0.1, -0.05) is 13.8 Å². The van der Waals surface area contributed by atoms with Gasteiger partial charge in [0.1, 0.15) is 5.69 Å². The fourth-order valence-electron chi connectivity index (χ4n) is 2.51. The lowest BCUT2D eigenvalue weighted by molar-refractivity contribution is -0.0251. The summed E-state index contributed by atoms with van der Waals surface area (Å²) in [6.45, 7) is 8.02. The zero-order valence-corrected chi connectivity index (χ0v) is 10.3. The molecule has 2 aliphatic rings. The Bertz CT molecular complexity index is 439. The van der Waals surface area contributed by atoms with Gasteiger partial charge in [0, 0.05) is 37.3 Å². The minimum atomic E-state index is 0.0608. The van der Waals surface area contributed by atoms with Crippen LogP contribution in [0.1, 0.15) is 35.9 Å². The van der Waals surface area contributed by atoms with Gasteiger partial charge in [0.2, 0.25) is 0 Å². The van der Waals surface area contributed by atoms with Crippen molar-refractivity contribution in [2.45, 2.75) is 19.8 Å². The van der Waals surface area contributed by atoms with Crippen LogP contribution in [0.2, 0.25) is 0 Å². The number of aromatic nitrogens is 2. The molecule has 1 spiro atoms. The predicted octanol–water partition coefficient (Wildman–Crippen LogP) is 0.578. The molecule has 2 N–H and O–H groups in total. The van der Waals surface area contributed by atoms with Gasteiger partial charge in [-0.3, -0.25) is 9.89 Å². The number of carbonyl (C=O) groups excluding carboxylic acids is 1. The summed E-state index contributed by atoms with van der Waals surface area (Å²) in [6.07, 6.45) is 0. The second-order valence-corrected chi connectivity index (χ2v) is 5.63. The fraction of sp³-hybridized carbons (Fsp3) is 0.667. The molecule has 17 heavy (non-hydrogen) atoms. The summed E-state index contributed by atoms with van der Waals surface area (Å²) in [4.78, 5) is 14.0.